The molecule has 0 aliphatic heterocycles. The maximum absolute atomic E-state index is 13.0. The second-order valence-corrected chi connectivity index (χ2v) is 6.29. The summed E-state index contributed by atoms with van der Waals surface area (Å²) in [5.74, 6) is -0.0222. The summed E-state index contributed by atoms with van der Waals surface area (Å²) in [6.45, 7) is 3.75. The lowest BCUT2D eigenvalue weighted by molar-refractivity contribution is 0.103. The van der Waals surface area contributed by atoms with Gasteiger partial charge in [0.15, 0.2) is 5.78 Å². The van der Waals surface area contributed by atoms with E-state index in [0.717, 1.165) is 40.8 Å². The van der Waals surface area contributed by atoms with Crippen LogP contribution in [-0.2, 0) is 13.5 Å². The summed E-state index contributed by atoms with van der Waals surface area (Å²) in [5, 5.41) is 13.5. The third-order valence-corrected chi connectivity index (χ3v) is 4.33. The Morgan fingerprint density at radius 3 is 2.79 bits per heavy atom. The van der Waals surface area contributed by atoms with Gasteiger partial charge in [-0.3, -0.25) is 14.5 Å². The average molecular weight is 323 g/mol. The summed E-state index contributed by atoms with van der Waals surface area (Å²) in [4.78, 5) is 17.6. The van der Waals surface area contributed by atoms with E-state index < -0.39 is 0 Å². The van der Waals surface area contributed by atoms with E-state index in [2.05, 4.69) is 10.1 Å². The van der Waals surface area contributed by atoms with Gasteiger partial charge in [-0.05, 0) is 44.4 Å². The Kier molecular flexibility index (Phi) is 4.44. The van der Waals surface area contributed by atoms with Crippen molar-refractivity contribution in [2.45, 2.75) is 26.7 Å². The summed E-state index contributed by atoms with van der Waals surface area (Å²) in [5.41, 5.74) is 5.78. The predicted octanol–water partition coefficient (Wildman–Crippen LogP) is 2.87. The number of rotatable bonds is 3. The van der Waals surface area contributed by atoms with Crippen LogP contribution in [-0.4, -0.2) is 32.3 Å². The number of aliphatic hydroxyl groups is 1. The molecule has 2 aromatic heterocycles. The summed E-state index contributed by atoms with van der Waals surface area (Å²) in [7, 11) is 1.86. The van der Waals surface area contributed by atoms with Gasteiger partial charge in [0.05, 0.1) is 18.5 Å². The molecule has 0 saturated heterocycles. The van der Waals surface area contributed by atoms with Crippen molar-refractivity contribution in [3.05, 3.63) is 58.7 Å². The summed E-state index contributed by atoms with van der Waals surface area (Å²) < 4.78 is 1.73. The molecule has 3 rings (SSSR count). The minimum Gasteiger partial charge on any atom is -0.392 e. The van der Waals surface area contributed by atoms with Crippen LogP contribution in [0.2, 0.25) is 0 Å². The average Bonchev–Trinajstić information content (AvgIpc) is 2.98. The number of carbonyl (C=O) groups is 1. The zero-order valence-corrected chi connectivity index (χ0v) is 14.2. The number of aromatic nitrogens is 3. The maximum Gasteiger partial charge on any atom is 0.194 e. The second kappa shape index (κ2) is 6.53. The number of pyridine rings is 1. The van der Waals surface area contributed by atoms with Crippen molar-refractivity contribution in [2.24, 2.45) is 7.05 Å². The zero-order chi connectivity index (χ0) is 17.3. The molecule has 0 unspecified atom stereocenters. The van der Waals surface area contributed by atoms with Crippen molar-refractivity contribution in [1.82, 2.24) is 14.8 Å². The number of aliphatic hydroxyl groups excluding tert-OH is 1. The van der Waals surface area contributed by atoms with Gasteiger partial charge in [-0.15, -0.1) is 0 Å². The predicted molar refractivity (Wildman–Crippen MR) is 92.6 cm³/mol. The molecule has 2 aromatic rings. The number of ketones is 1. The van der Waals surface area contributed by atoms with Gasteiger partial charge in [-0.2, -0.15) is 5.10 Å². The molecule has 5 nitrogen and oxygen atoms in total. The number of aryl methyl sites for hydroxylation is 2. The number of carbonyl (C=O) groups excluding carboxylic acids is 1. The lowest BCUT2D eigenvalue weighted by Gasteiger charge is -2.08. The highest BCUT2D eigenvalue weighted by Gasteiger charge is 2.22. The lowest BCUT2D eigenvalue weighted by Crippen LogP contribution is -2.07. The van der Waals surface area contributed by atoms with Gasteiger partial charge in [0.1, 0.15) is 0 Å². The van der Waals surface area contributed by atoms with Gasteiger partial charge >= 0.3 is 0 Å². The van der Waals surface area contributed by atoms with Crippen LogP contribution in [0.15, 0.2) is 47.5 Å². The first kappa shape index (κ1) is 16.3. The number of hydrogen-bond acceptors (Lipinski definition) is 4. The largest absolute Gasteiger partial charge is 0.392 e. The van der Waals surface area contributed by atoms with Crippen LogP contribution in [0.25, 0.3) is 11.1 Å². The molecule has 0 fully saturated rings. The lowest BCUT2D eigenvalue weighted by atomic mass is 9.97. The highest BCUT2D eigenvalue weighted by Crippen LogP contribution is 2.28. The van der Waals surface area contributed by atoms with E-state index in [1.807, 2.05) is 33.2 Å². The van der Waals surface area contributed by atoms with Crippen molar-refractivity contribution in [1.29, 1.82) is 0 Å². The Labute approximate surface area is 141 Å². The minimum absolute atomic E-state index is 0.0222. The fourth-order valence-electron chi connectivity index (χ4n) is 2.88. The molecule has 0 radical (unpaired) electrons. The Hall–Kier alpha value is -2.53. The highest BCUT2D eigenvalue weighted by molar-refractivity contribution is 6.12. The quantitative estimate of drug-likeness (QED) is 0.943. The number of fused-ring (bicyclic) bond motifs is 1. The normalized spacial score (nSPS) is 15.5. The SMILES string of the molecule is CC1=C(/C=C(\C)CO)C(=O)c2cc(-c3cnn(C)c3)cnc2CC1. The molecule has 0 aromatic carbocycles. The highest BCUT2D eigenvalue weighted by atomic mass is 16.3. The Morgan fingerprint density at radius 1 is 1.33 bits per heavy atom. The topological polar surface area (TPSA) is 68.0 Å². The number of allylic oxidation sites excluding steroid dienone is 3. The summed E-state index contributed by atoms with van der Waals surface area (Å²) in [6.07, 6.45) is 8.81. The number of nitrogens with zero attached hydrogens (tertiary/aromatic N) is 3. The van der Waals surface area contributed by atoms with E-state index in [9.17, 15) is 9.90 Å². The molecular weight excluding hydrogens is 302 g/mol. The molecule has 0 bridgehead atoms. The van der Waals surface area contributed by atoms with Crippen LogP contribution in [0.3, 0.4) is 0 Å². The van der Waals surface area contributed by atoms with Gasteiger partial charge in [0, 0.05) is 41.7 Å². The van der Waals surface area contributed by atoms with Gasteiger partial charge in [-0.1, -0.05) is 5.57 Å². The van der Waals surface area contributed by atoms with E-state index >= 15 is 0 Å². The van der Waals surface area contributed by atoms with Gasteiger partial charge in [0.2, 0.25) is 0 Å². The standard InChI is InChI=1S/C19H21N3O2/c1-12(11-23)6-16-13(2)4-5-18-17(19(16)24)7-14(8-20-18)15-9-21-22(3)10-15/h6-10,23H,4-5,11H2,1-3H3/b12-6+. The molecular formula is C19H21N3O2. The van der Waals surface area contributed by atoms with E-state index in [-0.39, 0.29) is 12.4 Å². The van der Waals surface area contributed by atoms with Crippen LogP contribution in [0.5, 0.6) is 0 Å². The molecule has 0 spiro atoms. The van der Waals surface area contributed by atoms with E-state index in [1.165, 1.54) is 0 Å². The number of hydrogen-bond donors (Lipinski definition) is 1. The Balaban J connectivity index is 2.08. The first-order chi connectivity index (χ1) is 11.5. The third-order valence-electron chi connectivity index (χ3n) is 4.33. The maximum atomic E-state index is 13.0. The van der Waals surface area contributed by atoms with Crippen LogP contribution in [0, 0.1) is 0 Å². The minimum atomic E-state index is -0.0507. The molecule has 2 heterocycles. The Morgan fingerprint density at radius 2 is 2.12 bits per heavy atom. The van der Waals surface area contributed by atoms with Crippen molar-refractivity contribution in [3.8, 4) is 11.1 Å². The summed E-state index contributed by atoms with van der Waals surface area (Å²) in [6, 6.07) is 1.91. The van der Waals surface area contributed by atoms with Crippen LogP contribution >= 0.6 is 0 Å². The van der Waals surface area contributed by atoms with E-state index in [1.54, 1.807) is 23.2 Å². The van der Waals surface area contributed by atoms with Crippen molar-refractivity contribution < 1.29 is 9.90 Å². The van der Waals surface area contributed by atoms with E-state index in [4.69, 9.17) is 0 Å². The molecule has 1 N–H and O–H groups in total. The smallest absolute Gasteiger partial charge is 0.194 e. The molecule has 0 atom stereocenters. The molecule has 1 aliphatic rings. The van der Waals surface area contributed by atoms with E-state index in [0.29, 0.717) is 11.1 Å². The zero-order valence-electron chi connectivity index (χ0n) is 14.2. The molecule has 124 valence electrons. The van der Waals surface area contributed by atoms with Crippen molar-refractivity contribution in [2.75, 3.05) is 6.61 Å². The molecule has 5 heteroatoms. The van der Waals surface area contributed by atoms with Crippen LogP contribution in [0.4, 0.5) is 0 Å². The van der Waals surface area contributed by atoms with Crippen LogP contribution in [0.1, 0.15) is 36.3 Å². The third kappa shape index (κ3) is 3.08. The first-order valence-corrected chi connectivity index (χ1v) is 8.00. The van der Waals surface area contributed by atoms with Gasteiger partial charge in [0.25, 0.3) is 0 Å². The first-order valence-electron chi connectivity index (χ1n) is 8.00. The summed E-state index contributed by atoms with van der Waals surface area (Å²) >= 11 is 0. The fourth-order valence-corrected chi connectivity index (χ4v) is 2.88. The van der Waals surface area contributed by atoms with Crippen molar-refractivity contribution >= 4 is 5.78 Å². The fraction of sp³-hybridized carbons (Fsp3) is 0.316. The molecule has 0 saturated carbocycles. The van der Waals surface area contributed by atoms with Gasteiger partial charge < -0.3 is 5.11 Å². The number of Topliss-reactive ketones (excluding diaryl/α,β-unsaturated/α-hetero) is 1. The molecule has 24 heavy (non-hydrogen) atoms. The molecule has 1 aliphatic carbocycles. The second-order valence-electron chi connectivity index (χ2n) is 6.29. The molecule has 0 amide bonds. The van der Waals surface area contributed by atoms with Gasteiger partial charge in [-0.25, -0.2) is 0 Å². The Bertz CT molecular complexity index is 859. The monoisotopic (exact) mass is 323 g/mol. The van der Waals surface area contributed by atoms with Crippen molar-refractivity contribution in [3.63, 3.8) is 0 Å². The van der Waals surface area contributed by atoms with Crippen LogP contribution < -0.4 is 0 Å².